The van der Waals surface area contributed by atoms with Gasteiger partial charge in [0.25, 0.3) is 5.69 Å². The zero-order chi connectivity index (χ0) is 13.8. The molecule has 19 heavy (non-hydrogen) atoms. The number of rotatable bonds is 4. The van der Waals surface area contributed by atoms with Gasteiger partial charge >= 0.3 is 5.82 Å². The molecule has 0 aliphatic carbocycles. The van der Waals surface area contributed by atoms with Gasteiger partial charge in [-0.15, -0.1) is 0 Å². The summed E-state index contributed by atoms with van der Waals surface area (Å²) < 4.78 is 5.31. The van der Waals surface area contributed by atoms with Gasteiger partial charge in [0.15, 0.2) is 11.9 Å². The number of hydrogen-bond donors (Lipinski definition) is 0. The van der Waals surface area contributed by atoms with E-state index in [-0.39, 0.29) is 23.0 Å². The van der Waals surface area contributed by atoms with Crippen LogP contribution < -0.4 is 4.74 Å². The number of pyridine rings is 1. The Kier molecular flexibility index (Phi) is 3.33. The molecular formula is C11H7N3O5. The van der Waals surface area contributed by atoms with E-state index >= 15 is 0 Å². The molecule has 0 atom stereocenters. The lowest BCUT2D eigenvalue weighted by molar-refractivity contribution is -0.389. The number of ether oxygens (including phenoxy) is 1. The number of nitrogens with zero attached hydrogens (tertiary/aromatic N) is 3. The minimum atomic E-state index is -0.628. The highest BCUT2D eigenvalue weighted by Crippen LogP contribution is 2.25. The van der Waals surface area contributed by atoms with Crippen molar-refractivity contribution in [3.05, 3.63) is 62.8 Å². The lowest BCUT2D eigenvalue weighted by Crippen LogP contribution is -1.93. The summed E-state index contributed by atoms with van der Waals surface area (Å²) in [6.07, 6.45) is 1.18. The summed E-state index contributed by atoms with van der Waals surface area (Å²) in [4.78, 5) is 23.4. The molecule has 96 valence electrons. The third kappa shape index (κ3) is 3.00. The molecule has 0 N–H and O–H groups in total. The Labute approximate surface area is 106 Å². The molecule has 2 rings (SSSR count). The van der Waals surface area contributed by atoms with Gasteiger partial charge in [0.05, 0.1) is 11.0 Å². The topological polar surface area (TPSA) is 108 Å². The molecular weight excluding hydrogens is 254 g/mol. The van der Waals surface area contributed by atoms with Gasteiger partial charge in [0, 0.05) is 12.1 Å². The van der Waals surface area contributed by atoms with Crippen molar-refractivity contribution in [2.45, 2.75) is 0 Å². The van der Waals surface area contributed by atoms with E-state index in [1.165, 1.54) is 42.6 Å². The summed E-state index contributed by atoms with van der Waals surface area (Å²) in [7, 11) is 0. The number of hydrogen-bond acceptors (Lipinski definition) is 6. The van der Waals surface area contributed by atoms with Crippen LogP contribution in [0.25, 0.3) is 0 Å². The van der Waals surface area contributed by atoms with Crippen LogP contribution in [0.15, 0.2) is 42.6 Å². The second kappa shape index (κ2) is 5.08. The Bertz CT molecular complexity index is 626. The van der Waals surface area contributed by atoms with Crippen molar-refractivity contribution < 1.29 is 14.6 Å². The summed E-state index contributed by atoms with van der Waals surface area (Å²) in [5, 5.41) is 21.0. The van der Waals surface area contributed by atoms with Gasteiger partial charge in [-0.1, -0.05) is 6.07 Å². The zero-order valence-electron chi connectivity index (χ0n) is 9.42. The highest BCUT2D eigenvalue weighted by molar-refractivity contribution is 5.40. The first-order valence-corrected chi connectivity index (χ1v) is 5.09. The van der Waals surface area contributed by atoms with Crippen molar-refractivity contribution >= 4 is 11.5 Å². The monoisotopic (exact) mass is 261 g/mol. The Morgan fingerprint density at radius 2 is 1.79 bits per heavy atom. The SMILES string of the molecule is O=[N+]([O-])c1cccc(Oc2ccc([N+](=O)[O-])nc2)c1. The number of nitro benzene ring substituents is 1. The fourth-order valence-corrected chi connectivity index (χ4v) is 1.34. The van der Waals surface area contributed by atoms with E-state index in [2.05, 4.69) is 4.98 Å². The van der Waals surface area contributed by atoms with Gasteiger partial charge in [0.1, 0.15) is 5.75 Å². The average molecular weight is 261 g/mol. The minimum Gasteiger partial charge on any atom is -0.453 e. The molecule has 0 aliphatic heterocycles. The molecule has 1 heterocycles. The molecule has 0 radical (unpaired) electrons. The van der Waals surface area contributed by atoms with Crippen molar-refractivity contribution in [2.24, 2.45) is 0 Å². The van der Waals surface area contributed by atoms with Crippen LogP contribution in [-0.2, 0) is 0 Å². The molecule has 0 spiro atoms. The van der Waals surface area contributed by atoms with E-state index in [1.807, 2.05) is 0 Å². The third-order valence-corrected chi connectivity index (χ3v) is 2.17. The smallest absolute Gasteiger partial charge is 0.363 e. The van der Waals surface area contributed by atoms with Gasteiger partial charge in [0.2, 0.25) is 0 Å². The van der Waals surface area contributed by atoms with E-state index in [4.69, 9.17) is 4.74 Å². The summed E-state index contributed by atoms with van der Waals surface area (Å²) in [5.41, 5.74) is -0.104. The zero-order valence-corrected chi connectivity index (χ0v) is 9.42. The second-order valence-corrected chi connectivity index (χ2v) is 3.47. The Morgan fingerprint density at radius 1 is 1.00 bits per heavy atom. The first-order valence-electron chi connectivity index (χ1n) is 5.09. The number of aromatic nitrogens is 1. The molecule has 0 aliphatic rings. The lowest BCUT2D eigenvalue weighted by Gasteiger charge is -2.03. The predicted octanol–water partition coefficient (Wildman–Crippen LogP) is 2.69. The standard InChI is InChI=1S/C11H7N3O5/c15-13(16)8-2-1-3-9(6-8)19-10-4-5-11(12-7-10)14(17)18/h1-7H. The molecule has 8 heteroatoms. The summed E-state index contributed by atoms with van der Waals surface area (Å²) in [5.74, 6) is 0.211. The van der Waals surface area contributed by atoms with Crippen molar-refractivity contribution in [3.63, 3.8) is 0 Å². The highest BCUT2D eigenvalue weighted by atomic mass is 16.6. The Hall–Kier alpha value is -3.03. The molecule has 1 aromatic heterocycles. The lowest BCUT2D eigenvalue weighted by atomic mass is 10.3. The fourth-order valence-electron chi connectivity index (χ4n) is 1.34. The van der Waals surface area contributed by atoms with E-state index in [0.29, 0.717) is 0 Å². The maximum Gasteiger partial charge on any atom is 0.363 e. The number of nitro groups is 2. The third-order valence-electron chi connectivity index (χ3n) is 2.17. The molecule has 8 nitrogen and oxygen atoms in total. The second-order valence-electron chi connectivity index (χ2n) is 3.47. The van der Waals surface area contributed by atoms with Crippen LogP contribution in [0.1, 0.15) is 0 Å². The highest BCUT2D eigenvalue weighted by Gasteiger charge is 2.10. The predicted molar refractivity (Wildman–Crippen MR) is 64.1 cm³/mol. The van der Waals surface area contributed by atoms with Gasteiger partial charge in [-0.25, -0.2) is 0 Å². The van der Waals surface area contributed by atoms with Crippen LogP contribution in [0.2, 0.25) is 0 Å². The number of benzene rings is 1. The molecule has 0 saturated heterocycles. The normalized spacial score (nSPS) is 9.89. The Morgan fingerprint density at radius 3 is 2.37 bits per heavy atom. The first-order chi connectivity index (χ1) is 9.06. The van der Waals surface area contributed by atoms with Crippen molar-refractivity contribution in [2.75, 3.05) is 0 Å². The van der Waals surface area contributed by atoms with Crippen LogP contribution in [-0.4, -0.2) is 14.8 Å². The van der Waals surface area contributed by atoms with Crippen LogP contribution in [0.5, 0.6) is 11.5 Å². The molecule has 0 fully saturated rings. The molecule has 0 unspecified atom stereocenters. The summed E-state index contributed by atoms with van der Waals surface area (Å²) >= 11 is 0. The fraction of sp³-hybridized carbons (Fsp3) is 0. The van der Waals surface area contributed by atoms with E-state index < -0.39 is 9.85 Å². The largest absolute Gasteiger partial charge is 0.453 e. The van der Waals surface area contributed by atoms with E-state index in [1.54, 1.807) is 0 Å². The number of non-ortho nitro benzene ring substituents is 1. The van der Waals surface area contributed by atoms with Gasteiger partial charge < -0.3 is 14.9 Å². The van der Waals surface area contributed by atoms with Crippen LogP contribution >= 0.6 is 0 Å². The average Bonchev–Trinajstić information content (AvgIpc) is 2.39. The maximum atomic E-state index is 10.6. The van der Waals surface area contributed by atoms with E-state index in [0.717, 1.165) is 0 Å². The quantitative estimate of drug-likeness (QED) is 0.618. The Balaban J connectivity index is 2.19. The van der Waals surface area contributed by atoms with Gasteiger partial charge in [-0.3, -0.25) is 10.1 Å². The van der Waals surface area contributed by atoms with Gasteiger partial charge in [-0.05, 0) is 22.0 Å². The summed E-state index contributed by atoms with van der Waals surface area (Å²) in [6.45, 7) is 0. The van der Waals surface area contributed by atoms with Gasteiger partial charge in [-0.2, -0.15) is 0 Å². The van der Waals surface area contributed by atoms with Crippen molar-refractivity contribution in [3.8, 4) is 11.5 Å². The molecule has 0 bridgehead atoms. The molecule has 1 aromatic carbocycles. The molecule has 0 saturated carbocycles. The first kappa shape index (κ1) is 12.4. The van der Waals surface area contributed by atoms with Crippen molar-refractivity contribution in [1.29, 1.82) is 0 Å². The molecule has 2 aromatic rings. The van der Waals surface area contributed by atoms with E-state index in [9.17, 15) is 20.2 Å². The van der Waals surface area contributed by atoms with Crippen LogP contribution in [0.4, 0.5) is 11.5 Å². The summed E-state index contributed by atoms with van der Waals surface area (Å²) in [6, 6.07) is 8.15. The van der Waals surface area contributed by atoms with Crippen LogP contribution in [0.3, 0.4) is 0 Å². The van der Waals surface area contributed by atoms with Crippen molar-refractivity contribution in [1.82, 2.24) is 4.98 Å². The maximum absolute atomic E-state index is 10.6. The van der Waals surface area contributed by atoms with Crippen LogP contribution in [0, 0.1) is 20.2 Å². The minimum absolute atomic E-state index is 0.104. The molecule has 0 amide bonds.